The SMILES string of the molecule is [B]c1cc(C(F)(F)F)ccc1N1CCNCC1. The van der Waals surface area contributed by atoms with E-state index in [4.69, 9.17) is 7.85 Å². The zero-order chi connectivity index (χ0) is 12.5. The monoisotopic (exact) mass is 240 g/mol. The predicted molar refractivity (Wildman–Crippen MR) is 61.9 cm³/mol. The molecule has 2 rings (SSSR count). The van der Waals surface area contributed by atoms with Crippen molar-refractivity contribution in [3.63, 3.8) is 0 Å². The molecule has 2 radical (unpaired) electrons. The number of alkyl halides is 3. The van der Waals surface area contributed by atoms with E-state index in [2.05, 4.69) is 5.32 Å². The number of halogens is 3. The molecule has 1 saturated heterocycles. The lowest BCUT2D eigenvalue weighted by molar-refractivity contribution is -0.137. The number of anilines is 1. The first-order valence-electron chi connectivity index (χ1n) is 5.41. The van der Waals surface area contributed by atoms with Crippen LogP contribution in [0.3, 0.4) is 0 Å². The third-order valence-electron chi connectivity index (χ3n) is 2.81. The van der Waals surface area contributed by atoms with Crippen LogP contribution in [0.4, 0.5) is 18.9 Å². The van der Waals surface area contributed by atoms with Gasteiger partial charge in [0.1, 0.15) is 7.85 Å². The molecule has 0 atom stereocenters. The van der Waals surface area contributed by atoms with Crippen molar-refractivity contribution in [2.45, 2.75) is 6.18 Å². The lowest BCUT2D eigenvalue weighted by Gasteiger charge is -2.31. The van der Waals surface area contributed by atoms with Crippen LogP contribution in [0.25, 0.3) is 0 Å². The number of nitrogens with one attached hydrogen (secondary N) is 1. The van der Waals surface area contributed by atoms with E-state index in [0.717, 1.165) is 38.3 Å². The van der Waals surface area contributed by atoms with Crippen molar-refractivity contribution in [3.05, 3.63) is 23.8 Å². The highest BCUT2D eigenvalue weighted by Crippen LogP contribution is 2.29. The average Bonchev–Trinajstić information content (AvgIpc) is 2.29. The topological polar surface area (TPSA) is 15.3 Å². The van der Waals surface area contributed by atoms with Crippen LogP contribution in [-0.2, 0) is 6.18 Å². The zero-order valence-corrected chi connectivity index (χ0v) is 9.22. The fourth-order valence-corrected chi connectivity index (χ4v) is 1.92. The van der Waals surface area contributed by atoms with Gasteiger partial charge in [-0.05, 0) is 12.1 Å². The molecule has 6 heteroatoms. The average molecular weight is 240 g/mol. The van der Waals surface area contributed by atoms with E-state index in [9.17, 15) is 13.2 Å². The molecule has 1 heterocycles. The summed E-state index contributed by atoms with van der Waals surface area (Å²) in [6, 6.07) is 3.52. The summed E-state index contributed by atoms with van der Waals surface area (Å²) >= 11 is 0. The third-order valence-corrected chi connectivity index (χ3v) is 2.81. The van der Waals surface area contributed by atoms with Gasteiger partial charge in [0.05, 0.1) is 5.56 Å². The number of benzene rings is 1. The highest BCUT2D eigenvalue weighted by atomic mass is 19.4. The molecule has 0 saturated carbocycles. The molecular weight excluding hydrogens is 228 g/mol. The summed E-state index contributed by atoms with van der Waals surface area (Å²) in [5.41, 5.74) is 0.162. The minimum absolute atomic E-state index is 0.182. The third kappa shape index (κ3) is 2.75. The van der Waals surface area contributed by atoms with E-state index < -0.39 is 11.7 Å². The maximum atomic E-state index is 12.5. The van der Waals surface area contributed by atoms with Gasteiger partial charge in [0, 0.05) is 31.9 Å². The highest BCUT2D eigenvalue weighted by molar-refractivity contribution is 6.36. The number of hydrogen-bond acceptors (Lipinski definition) is 2. The maximum absolute atomic E-state index is 12.5. The molecule has 0 amide bonds. The van der Waals surface area contributed by atoms with Crippen LogP contribution in [0, 0.1) is 0 Å². The lowest BCUT2D eigenvalue weighted by atomic mass is 9.91. The van der Waals surface area contributed by atoms with Crippen molar-refractivity contribution in [3.8, 4) is 0 Å². The molecule has 0 spiro atoms. The van der Waals surface area contributed by atoms with E-state index in [-0.39, 0.29) is 5.46 Å². The Balaban J connectivity index is 2.25. The second-order valence-corrected chi connectivity index (χ2v) is 4.01. The molecule has 1 fully saturated rings. The molecule has 1 aromatic carbocycles. The van der Waals surface area contributed by atoms with Gasteiger partial charge in [-0.3, -0.25) is 0 Å². The Bertz CT molecular complexity index is 400. The molecule has 1 N–H and O–H groups in total. The van der Waals surface area contributed by atoms with Crippen LogP contribution in [0.2, 0.25) is 0 Å². The van der Waals surface area contributed by atoms with Gasteiger partial charge in [-0.25, -0.2) is 0 Å². The first-order chi connectivity index (χ1) is 7.98. The Morgan fingerprint density at radius 2 is 1.82 bits per heavy atom. The van der Waals surface area contributed by atoms with Gasteiger partial charge in [0.25, 0.3) is 0 Å². The molecule has 17 heavy (non-hydrogen) atoms. The second-order valence-electron chi connectivity index (χ2n) is 4.01. The van der Waals surface area contributed by atoms with Crippen molar-refractivity contribution < 1.29 is 13.2 Å². The molecule has 0 bridgehead atoms. The second kappa shape index (κ2) is 4.60. The van der Waals surface area contributed by atoms with Crippen molar-refractivity contribution in [1.29, 1.82) is 0 Å². The van der Waals surface area contributed by atoms with Gasteiger partial charge in [-0.1, -0.05) is 11.5 Å². The van der Waals surface area contributed by atoms with Gasteiger partial charge in [-0.2, -0.15) is 13.2 Å². The summed E-state index contributed by atoms with van der Waals surface area (Å²) in [4.78, 5) is 1.99. The van der Waals surface area contributed by atoms with Gasteiger partial charge in [0.15, 0.2) is 0 Å². The Morgan fingerprint density at radius 1 is 1.18 bits per heavy atom. The molecule has 0 unspecified atom stereocenters. The first-order valence-corrected chi connectivity index (χ1v) is 5.41. The van der Waals surface area contributed by atoms with E-state index in [1.54, 1.807) is 0 Å². The minimum atomic E-state index is -4.34. The maximum Gasteiger partial charge on any atom is 0.416 e. The van der Waals surface area contributed by atoms with Crippen LogP contribution in [0.5, 0.6) is 0 Å². The standard InChI is InChI=1S/C11H12BF3N2/c12-9-7-8(11(13,14)15)1-2-10(9)17-5-3-16-4-6-17/h1-2,7,16H,3-6H2. The number of nitrogens with zero attached hydrogens (tertiary/aromatic N) is 1. The van der Waals surface area contributed by atoms with Crippen LogP contribution < -0.4 is 15.7 Å². The quantitative estimate of drug-likeness (QED) is 0.734. The van der Waals surface area contributed by atoms with Crippen LogP contribution in [0.1, 0.15) is 5.56 Å². The molecule has 1 aromatic rings. The fraction of sp³-hybridized carbons (Fsp3) is 0.455. The lowest BCUT2D eigenvalue weighted by Crippen LogP contribution is -2.45. The van der Waals surface area contributed by atoms with E-state index in [1.807, 2.05) is 4.90 Å². The van der Waals surface area contributed by atoms with Gasteiger partial charge in [-0.15, -0.1) is 0 Å². The van der Waals surface area contributed by atoms with E-state index in [0.29, 0.717) is 5.69 Å². The van der Waals surface area contributed by atoms with E-state index >= 15 is 0 Å². The summed E-state index contributed by atoms with van der Waals surface area (Å²) in [5, 5.41) is 3.18. The predicted octanol–water partition coefficient (Wildman–Crippen LogP) is 0.909. The van der Waals surface area contributed by atoms with Gasteiger partial charge in [0.2, 0.25) is 0 Å². The molecule has 0 aliphatic carbocycles. The molecule has 1 aliphatic rings. The minimum Gasteiger partial charge on any atom is -0.369 e. The summed E-state index contributed by atoms with van der Waals surface area (Å²) in [6.07, 6.45) is -4.34. The number of rotatable bonds is 1. The summed E-state index contributed by atoms with van der Waals surface area (Å²) in [7, 11) is 5.69. The normalized spacial score (nSPS) is 17.2. The first kappa shape index (κ1) is 12.3. The Morgan fingerprint density at radius 3 is 2.35 bits per heavy atom. The van der Waals surface area contributed by atoms with Crippen molar-refractivity contribution in [2.24, 2.45) is 0 Å². The smallest absolute Gasteiger partial charge is 0.369 e. The summed E-state index contributed by atoms with van der Waals surface area (Å²) < 4.78 is 37.4. The van der Waals surface area contributed by atoms with Gasteiger partial charge < -0.3 is 10.2 Å². The Labute approximate surface area is 99.2 Å². The largest absolute Gasteiger partial charge is 0.416 e. The van der Waals surface area contributed by atoms with Crippen molar-refractivity contribution in [1.82, 2.24) is 5.32 Å². The van der Waals surface area contributed by atoms with Crippen LogP contribution in [-0.4, -0.2) is 34.0 Å². The number of piperazine rings is 1. The molecule has 2 nitrogen and oxygen atoms in total. The molecule has 1 aliphatic heterocycles. The molecule has 0 aromatic heterocycles. The Hall–Kier alpha value is -1.17. The Kier molecular flexibility index (Phi) is 3.33. The number of hydrogen-bond donors (Lipinski definition) is 1. The van der Waals surface area contributed by atoms with Gasteiger partial charge >= 0.3 is 6.18 Å². The molecule has 90 valence electrons. The molecular formula is C11H12BF3N2. The van der Waals surface area contributed by atoms with Crippen molar-refractivity contribution >= 4 is 19.0 Å². The summed E-state index contributed by atoms with van der Waals surface area (Å²) in [6.45, 7) is 3.16. The zero-order valence-electron chi connectivity index (χ0n) is 9.22. The van der Waals surface area contributed by atoms with Crippen LogP contribution in [0.15, 0.2) is 18.2 Å². The van der Waals surface area contributed by atoms with Crippen LogP contribution >= 0.6 is 0 Å². The summed E-state index contributed by atoms with van der Waals surface area (Å²) in [5.74, 6) is 0. The fourth-order valence-electron chi connectivity index (χ4n) is 1.92. The van der Waals surface area contributed by atoms with Crippen molar-refractivity contribution in [2.75, 3.05) is 31.1 Å². The van der Waals surface area contributed by atoms with E-state index in [1.165, 1.54) is 6.07 Å². The highest BCUT2D eigenvalue weighted by Gasteiger charge is 2.30.